The second kappa shape index (κ2) is 5.72. The van der Waals surface area contributed by atoms with Gasteiger partial charge >= 0.3 is 0 Å². The first kappa shape index (κ1) is 15.0. The van der Waals surface area contributed by atoms with E-state index >= 15 is 0 Å². The number of carbonyl (C=O) groups is 1. The molecule has 0 heterocycles. The van der Waals surface area contributed by atoms with E-state index in [1.807, 2.05) is 39.0 Å². The van der Waals surface area contributed by atoms with Crippen LogP contribution in [-0.4, -0.2) is 11.4 Å². The van der Waals surface area contributed by atoms with Crippen molar-refractivity contribution in [1.82, 2.24) is 5.32 Å². The summed E-state index contributed by atoms with van der Waals surface area (Å²) >= 11 is 12.9. The lowest BCUT2D eigenvalue weighted by Crippen LogP contribution is -2.42. The van der Waals surface area contributed by atoms with E-state index in [0.29, 0.717) is 0 Å². The molecule has 1 aromatic carbocycles. The number of carbonyl (C=O) groups excluding carboxylic acids is 1. The van der Waals surface area contributed by atoms with Gasteiger partial charge in [-0.2, -0.15) is 0 Å². The molecule has 1 aromatic rings. The minimum Gasteiger partial charge on any atom is -0.350 e. The lowest BCUT2D eigenvalue weighted by molar-refractivity contribution is -0.122. The fraction of sp³-hybridized carbons (Fsp3) is 0.417. The minimum absolute atomic E-state index is 0.187. The summed E-state index contributed by atoms with van der Waals surface area (Å²) in [6.07, 6.45) is 0. The van der Waals surface area contributed by atoms with Gasteiger partial charge in [0.2, 0.25) is 5.91 Å². The molecule has 0 aliphatic carbocycles. The Balaban J connectivity index is 2.85. The average Bonchev–Trinajstić information content (AvgIpc) is 2.18. The first-order valence-corrected chi connectivity index (χ1v) is 7.14. The quantitative estimate of drug-likeness (QED) is 0.753. The number of halogens is 3. The number of hydrogen-bond donors (Lipinski definition) is 1. The van der Waals surface area contributed by atoms with Crippen LogP contribution in [0, 0.1) is 0 Å². The van der Waals surface area contributed by atoms with Crippen LogP contribution in [0.25, 0.3) is 0 Å². The Morgan fingerprint density at radius 1 is 1.29 bits per heavy atom. The molecular formula is C12H14Br2ClNO. The summed E-state index contributed by atoms with van der Waals surface area (Å²) in [5.41, 5.74) is 0.486. The predicted octanol–water partition coefficient (Wildman–Crippen LogP) is 4.41. The van der Waals surface area contributed by atoms with Crippen molar-refractivity contribution in [2.24, 2.45) is 0 Å². The largest absolute Gasteiger partial charge is 0.350 e. The third-order valence-corrected chi connectivity index (χ3v) is 4.29. The molecule has 94 valence electrons. The van der Waals surface area contributed by atoms with E-state index in [1.165, 1.54) is 0 Å². The van der Waals surface area contributed by atoms with E-state index in [4.69, 9.17) is 11.6 Å². The Morgan fingerprint density at radius 3 is 2.35 bits per heavy atom. The molecule has 1 atom stereocenters. The Kier molecular flexibility index (Phi) is 5.05. The maximum Gasteiger partial charge on any atom is 0.243 e. The van der Waals surface area contributed by atoms with Crippen molar-refractivity contribution >= 4 is 49.4 Å². The van der Waals surface area contributed by atoms with Crippen LogP contribution in [0.5, 0.6) is 0 Å². The smallest absolute Gasteiger partial charge is 0.243 e. The lowest BCUT2D eigenvalue weighted by Gasteiger charge is -2.22. The highest BCUT2D eigenvalue weighted by molar-refractivity contribution is 9.13. The van der Waals surface area contributed by atoms with Crippen LogP contribution in [0.4, 0.5) is 0 Å². The highest BCUT2D eigenvalue weighted by atomic mass is 79.9. The molecule has 5 heteroatoms. The molecule has 2 nitrogen and oxygen atoms in total. The van der Waals surface area contributed by atoms with Crippen molar-refractivity contribution in [3.05, 3.63) is 32.7 Å². The number of benzene rings is 1. The Hall–Kier alpha value is -0.0600. The van der Waals surface area contributed by atoms with E-state index in [-0.39, 0.29) is 11.4 Å². The average molecular weight is 384 g/mol. The fourth-order valence-corrected chi connectivity index (χ4v) is 2.09. The van der Waals surface area contributed by atoms with Gasteiger partial charge in [-0.15, -0.1) is 11.6 Å². The summed E-state index contributed by atoms with van der Waals surface area (Å²) in [6, 6.07) is 5.53. The zero-order valence-electron chi connectivity index (χ0n) is 9.85. The van der Waals surface area contributed by atoms with Crippen molar-refractivity contribution in [2.45, 2.75) is 31.7 Å². The van der Waals surface area contributed by atoms with Gasteiger partial charge in [0.15, 0.2) is 0 Å². The van der Waals surface area contributed by atoms with E-state index in [1.54, 1.807) is 0 Å². The zero-order valence-corrected chi connectivity index (χ0v) is 13.8. The van der Waals surface area contributed by atoms with Crippen molar-refractivity contribution in [3.63, 3.8) is 0 Å². The Labute approximate surface area is 123 Å². The Morgan fingerprint density at radius 2 is 1.88 bits per heavy atom. The molecule has 0 bridgehead atoms. The van der Waals surface area contributed by atoms with E-state index in [0.717, 1.165) is 14.5 Å². The van der Waals surface area contributed by atoms with Gasteiger partial charge in [-0.05, 0) is 70.3 Å². The number of rotatable bonds is 2. The molecule has 1 unspecified atom stereocenters. The molecule has 0 aliphatic heterocycles. The second-order valence-corrected chi connectivity index (χ2v) is 6.92. The van der Waals surface area contributed by atoms with Crippen LogP contribution in [-0.2, 0) is 4.79 Å². The van der Waals surface area contributed by atoms with Crippen LogP contribution in [0.2, 0.25) is 0 Å². The van der Waals surface area contributed by atoms with Gasteiger partial charge in [-0.25, -0.2) is 0 Å². The predicted molar refractivity (Wildman–Crippen MR) is 78.3 cm³/mol. The van der Waals surface area contributed by atoms with Gasteiger partial charge < -0.3 is 5.32 Å². The van der Waals surface area contributed by atoms with Crippen molar-refractivity contribution in [1.29, 1.82) is 0 Å². The molecule has 17 heavy (non-hydrogen) atoms. The van der Waals surface area contributed by atoms with Crippen LogP contribution in [0.1, 0.15) is 31.7 Å². The molecule has 0 fully saturated rings. The molecule has 0 radical (unpaired) electrons. The third kappa shape index (κ3) is 4.60. The van der Waals surface area contributed by atoms with Crippen LogP contribution in [0.15, 0.2) is 27.1 Å². The number of alkyl halides is 1. The molecule has 1 N–H and O–H groups in total. The Bertz CT molecular complexity index is 429. The van der Waals surface area contributed by atoms with Gasteiger partial charge in [-0.1, -0.05) is 6.07 Å². The molecule has 1 amide bonds. The summed E-state index contributed by atoms with van der Waals surface area (Å²) in [6.45, 7) is 5.77. The maximum absolute atomic E-state index is 11.9. The highest BCUT2D eigenvalue weighted by Gasteiger charge is 2.22. The highest BCUT2D eigenvalue weighted by Crippen LogP contribution is 2.29. The summed E-state index contributed by atoms with van der Waals surface area (Å²) in [7, 11) is 0. The molecule has 0 saturated heterocycles. The molecule has 0 saturated carbocycles. The van der Waals surface area contributed by atoms with Gasteiger partial charge in [0.1, 0.15) is 5.38 Å². The zero-order chi connectivity index (χ0) is 13.2. The minimum atomic E-state index is -0.682. The normalized spacial score (nSPS) is 13.3. The molecular weight excluding hydrogens is 369 g/mol. The van der Waals surface area contributed by atoms with Gasteiger partial charge in [0.25, 0.3) is 0 Å². The number of amides is 1. The SMILES string of the molecule is CC(C)(C)NC(=O)C(Cl)c1ccc(Br)c(Br)c1. The van der Waals surface area contributed by atoms with E-state index in [2.05, 4.69) is 37.2 Å². The van der Waals surface area contributed by atoms with Crippen molar-refractivity contribution in [3.8, 4) is 0 Å². The van der Waals surface area contributed by atoms with Crippen molar-refractivity contribution < 1.29 is 4.79 Å². The number of nitrogens with one attached hydrogen (secondary N) is 1. The van der Waals surface area contributed by atoms with Gasteiger partial charge in [0.05, 0.1) is 0 Å². The number of hydrogen-bond acceptors (Lipinski definition) is 1. The second-order valence-electron chi connectivity index (χ2n) is 4.78. The summed E-state index contributed by atoms with van der Waals surface area (Å²) in [5.74, 6) is -0.187. The summed E-state index contributed by atoms with van der Waals surface area (Å²) in [5, 5.41) is 2.17. The van der Waals surface area contributed by atoms with Crippen molar-refractivity contribution in [2.75, 3.05) is 0 Å². The first-order chi connectivity index (χ1) is 7.70. The summed E-state index contributed by atoms with van der Waals surface area (Å²) < 4.78 is 1.81. The monoisotopic (exact) mass is 381 g/mol. The molecule has 1 rings (SSSR count). The molecule has 0 spiro atoms. The topological polar surface area (TPSA) is 29.1 Å². The fourth-order valence-electron chi connectivity index (χ4n) is 1.25. The standard InChI is InChI=1S/C12H14Br2ClNO/c1-12(2,3)16-11(17)10(15)7-4-5-8(13)9(14)6-7/h4-6,10H,1-3H3,(H,16,17). The maximum atomic E-state index is 11.9. The summed E-state index contributed by atoms with van der Waals surface area (Å²) in [4.78, 5) is 11.9. The van der Waals surface area contributed by atoms with Gasteiger partial charge in [0, 0.05) is 14.5 Å². The molecule has 0 aromatic heterocycles. The van der Waals surface area contributed by atoms with E-state index < -0.39 is 5.38 Å². The molecule has 0 aliphatic rings. The van der Waals surface area contributed by atoms with Gasteiger partial charge in [-0.3, -0.25) is 4.79 Å². The first-order valence-electron chi connectivity index (χ1n) is 5.12. The third-order valence-electron chi connectivity index (χ3n) is 1.96. The van der Waals surface area contributed by atoms with Crippen LogP contribution in [0.3, 0.4) is 0 Å². The van der Waals surface area contributed by atoms with Crippen LogP contribution < -0.4 is 5.32 Å². The van der Waals surface area contributed by atoms with Crippen LogP contribution >= 0.6 is 43.5 Å². The van der Waals surface area contributed by atoms with E-state index in [9.17, 15) is 4.79 Å². The lowest BCUT2D eigenvalue weighted by atomic mass is 10.1.